The molecule has 0 aromatic heterocycles. The number of nitrogens with one attached hydrogen (secondary N) is 1. The van der Waals surface area contributed by atoms with Gasteiger partial charge in [-0.15, -0.1) is 0 Å². The van der Waals surface area contributed by atoms with Gasteiger partial charge in [-0.3, -0.25) is 4.79 Å². The van der Waals surface area contributed by atoms with Crippen LogP contribution in [0.5, 0.6) is 5.75 Å². The van der Waals surface area contributed by atoms with Crippen LogP contribution >= 0.6 is 11.6 Å². The molecule has 0 radical (unpaired) electrons. The highest BCUT2D eigenvalue weighted by Gasteiger charge is 2.03. The third-order valence-corrected chi connectivity index (χ3v) is 4.11. The Labute approximate surface area is 163 Å². The van der Waals surface area contributed by atoms with Crippen LogP contribution in [0, 0.1) is 6.92 Å². The summed E-state index contributed by atoms with van der Waals surface area (Å²) >= 11 is 5.81. The minimum Gasteiger partial charge on any atom is -0.489 e. The number of carbonyl (C=O) groups excluding carboxylic acids is 1. The zero-order chi connectivity index (χ0) is 19.1. The number of hydrogen-bond acceptors (Lipinski definition) is 3. The maximum absolute atomic E-state index is 12.0. The molecule has 27 heavy (non-hydrogen) atoms. The van der Waals surface area contributed by atoms with Crippen molar-refractivity contribution in [3.63, 3.8) is 0 Å². The fourth-order valence-corrected chi connectivity index (χ4v) is 2.58. The van der Waals surface area contributed by atoms with Crippen LogP contribution in [-0.2, 0) is 6.61 Å². The maximum atomic E-state index is 12.0. The molecule has 0 unspecified atom stereocenters. The number of amides is 1. The monoisotopic (exact) mass is 378 g/mol. The van der Waals surface area contributed by atoms with Crippen LogP contribution in [0.1, 0.15) is 27.0 Å². The van der Waals surface area contributed by atoms with Crippen LogP contribution in [0.3, 0.4) is 0 Å². The Balaban J connectivity index is 1.51. The van der Waals surface area contributed by atoms with Crippen LogP contribution in [0.25, 0.3) is 0 Å². The number of hydrazone groups is 1. The van der Waals surface area contributed by atoms with Crippen LogP contribution in [0.4, 0.5) is 0 Å². The molecular formula is C22H19ClN2O2. The van der Waals surface area contributed by atoms with Gasteiger partial charge in [0.05, 0.1) is 6.21 Å². The minimum atomic E-state index is -0.291. The third-order valence-electron chi connectivity index (χ3n) is 3.85. The molecular weight excluding hydrogens is 360 g/mol. The summed E-state index contributed by atoms with van der Waals surface area (Å²) < 4.78 is 5.79. The number of carbonyl (C=O) groups is 1. The molecule has 0 atom stereocenters. The van der Waals surface area contributed by atoms with E-state index in [2.05, 4.69) is 29.6 Å². The molecule has 0 aliphatic rings. The van der Waals surface area contributed by atoms with Crippen molar-refractivity contribution < 1.29 is 9.53 Å². The van der Waals surface area contributed by atoms with Crippen molar-refractivity contribution in [2.24, 2.45) is 5.10 Å². The van der Waals surface area contributed by atoms with Gasteiger partial charge in [-0.2, -0.15) is 5.10 Å². The zero-order valence-corrected chi connectivity index (χ0v) is 15.6. The Morgan fingerprint density at radius 1 is 1.07 bits per heavy atom. The highest BCUT2D eigenvalue weighted by molar-refractivity contribution is 6.30. The number of hydrogen-bond donors (Lipinski definition) is 1. The van der Waals surface area contributed by atoms with Crippen molar-refractivity contribution in [3.8, 4) is 5.75 Å². The van der Waals surface area contributed by atoms with E-state index >= 15 is 0 Å². The van der Waals surface area contributed by atoms with Crippen molar-refractivity contribution in [2.45, 2.75) is 13.5 Å². The van der Waals surface area contributed by atoms with Gasteiger partial charge in [-0.1, -0.05) is 41.4 Å². The normalized spacial score (nSPS) is 10.7. The van der Waals surface area contributed by atoms with E-state index in [4.69, 9.17) is 16.3 Å². The van der Waals surface area contributed by atoms with E-state index in [0.29, 0.717) is 17.2 Å². The molecule has 0 aliphatic heterocycles. The molecule has 1 N–H and O–H groups in total. The maximum Gasteiger partial charge on any atom is 0.271 e. The van der Waals surface area contributed by atoms with E-state index in [-0.39, 0.29) is 5.91 Å². The molecule has 1 amide bonds. The summed E-state index contributed by atoms with van der Waals surface area (Å²) in [5.41, 5.74) is 6.18. The van der Waals surface area contributed by atoms with Gasteiger partial charge in [0.25, 0.3) is 5.91 Å². The summed E-state index contributed by atoms with van der Waals surface area (Å²) in [6.07, 6.45) is 1.58. The lowest BCUT2D eigenvalue weighted by molar-refractivity contribution is 0.0955. The fraction of sp³-hybridized carbons (Fsp3) is 0.0909. The Morgan fingerprint density at radius 3 is 2.52 bits per heavy atom. The van der Waals surface area contributed by atoms with E-state index < -0.39 is 0 Å². The van der Waals surface area contributed by atoms with Gasteiger partial charge in [-0.25, -0.2) is 5.43 Å². The summed E-state index contributed by atoms with van der Waals surface area (Å²) in [7, 11) is 0. The van der Waals surface area contributed by atoms with Crippen LogP contribution in [0.2, 0.25) is 5.02 Å². The predicted octanol–water partition coefficient (Wildman–Crippen LogP) is 4.99. The molecule has 0 saturated heterocycles. The Bertz CT molecular complexity index is 935. The standard InChI is InChI=1S/C22H19ClN2O2/c1-16-3-2-4-18(13-16)15-27-21-11-5-17(6-12-21)14-24-25-22(26)19-7-9-20(23)10-8-19/h2-14H,15H2,1H3,(H,25,26)/b24-14-. The molecule has 0 spiro atoms. The number of nitrogens with zero attached hydrogens (tertiary/aromatic N) is 1. The molecule has 3 aromatic rings. The van der Waals surface area contributed by atoms with E-state index in [1.165, 1.54) is 5.56 Å². The van der Waals surface area contributed by atoms with Gasteiger partial charge in [-0.05, 0) is 66.6 Å². The summed E-state index contributed by atoms with van der Waals surface area (Å²) in [5, 5.41) is 4.56. The lowest BCUT2D eigenvalue weighted by atomic mass is 10.1. The molecule has 5 heteroatoms. The molecule has 0 saturated carbocycles. The van der Waals surface area contributed by atoms with Gasteiger partial charge in [0.1, 0.15) is 12.4 Å². The van der Waals surface area contributed by atoms with Crippen molar-refractivity contribution >= 4 is 23.7 Å². The summed E-state index contributed by atoms with van der Waals surface area (Å²) in [4.78, 5) is 12.0. The first-order valence-corrected chi connectivity index (χ1v) is 8.85. The summed E-state index contributed by atoms with van der Waals surface area (Å²) in [6, 6.07) is 22.3. The van der Waals surface area contributed by atoms with E-state index in [0.717, 1.165) is 16.9 Å². The highest BCUT2D eigenvalue weighted by atomic mass is 35.5. The Kier molecular flexibility index (Phi) is 6.23. The van der Waals surface area contributed by atoms with Gasteiger partial charge in [0.15, 0.2) is 0 Å². The van der Waals surface area contributed by atoms with Crippen LogP contribution < -0.4 is 10.2 Å². The number of ether oxygens (including phenoxy) is 1. The van der Waals surface area contributed by atoms with Crippen molar-refractivity contribution in [1.82, 2.24) is 5.43 Å². The average Bonchev–Trinajstić information content (AvgIpc) is 2.68. The second kappa shape index (κ2) is 9.01. The molecule has 3 aromatic carbocycles. The Hall–Kier alpha value is -3.11. The quantitative estimate of drug-likeness (QED) is 0.485. The van der Waals surface area contributed by atoms with Crippen molar-refractivity contribution in [3.05, 3.63) is 100 Å². The molecule has 3 rings (SSSR count). The molecule has 4 nitrogen and oxygen atoms in total. The van der Waals surface area contributed by atoms with Crippen LogP contribution in [-0.4, -0.2) is 12.1 Å². The number of halogens is 1. The molecule has 0 bridgehead atoms. The lowest BCUT2D eigenvalue weighted by Gasteiger charge is -2.07. The van der Waals surface area contributed by atoms with Crippen molar-refractivity contribution in [1.29, 1.82) is 0 Å². The largest absolute Gasteiger partial charge is 0.489 e. The van der Waals surface area contributed by atoms with E-state index in [1.54, 1.807) is 30.5 Å². The first kappa shape index (κ1) is 18.7. The zero-order valence-electron chi connectivity index (χ0n) is 14.9. The molecule has 0 fully saturated rings. The first-order chi connectivity index (χ1) is 13.1. The van der Waals surface area contributed by atoms with E-state index in [1.807, 2.05) is 36.4 Å². The number of aryl methyl sites for hydroxylation is 1. The second-order valence-electron chi connectivity index (χ2n) is 6.05. The first-order valence-electron chi connectivity index (χ1n) is 8.47. The number of benzene rings is 3. The topological polar surface area (TPSA) is 50.7 Å². The summed E-state index contributed by atoms with van der Waals surface area (Å²) in [5.74, 6) is 0.486. The number of rotatable bonds is 6. The van der Waals surface area contributed by atoms with Gasteiger partial charge < -0.3 is 4.74 Å². The summed E-state index contributed by atoms with van der Waals surface area (Å²) in [6.45, 7) is 2.58. The van der Waals surface area contributed by atoms with Gasteiger partial charge >= 0.3 is 0 Å². The predicted molar refractivity (Wildman–Crippen MR) is 108 cm³/mol. The van der Waals surface area contributed by atoms with Crippen LogP contribution in [0.15, 0.2) is 77.9 Å². The highest BCUT2D eigenvalue weighted by Crippen LogP contribution is 2.14. The Morgan fingerprint density at radius 2 is 1.81 bits per heavy atom. The van der Waals surface area contributed by atoms with Crippen molar-refractivity contribution in [2.75, 3.05) is 0 Å². The van der Waals surface area contributed by atoms with E-state index in [9.17, 15) is 4.79 Å². The van der Waals surface area contributed by atoms with Gasteiger partial charge in [0.2, 0.25) is 0 Å². The molecule has 136 valence electrons. The lowest BCUT2D eigenvalue weighted by Crippen LogP contribution is -2.17. The fourth-order valence-electron chi connectivity index (χ4n) is 2.45. The SMILES string of the molecule is Cc1cccc(COc2ccc(/C=N\NC(=O)c3ccc(Cl)cc3)cc2)c1. The molecule has 0 aliphatic carbocycles. The smallest absolute Gasteiger partial charge is 0.271 e. The average molecular weight is 379 g/mol. The second-order valence-corrected chi connectivity index (χ2v) is 6.49. The van der Waals surface area contributed by atoms with Gasteiger partial charge in [0, 0.05) is 10.6 Å². The third kappa shape index (κ3) is 5.69. The molecule has 0 heterocycles. The minimum absolute atomic E-state index is 0.291.